The molecule has 0 bridgehead atoms. The van der Waals surface area contributed by atoms with Gasteiger partial charge in [-0.2, -0.15) is 0 Å². The number of imidazole rings is 1. The molecule has 1 atom stereocenters. The van der Waals surface area contributed by atoms with Crippen molar-refractivity contribution in [2.24, 2.45) is 5.73 Å². The molecule has 0 aliphatic heterocycles. The molecule has 3 aromatic heterocycles. The third-order valence-corrected chi connectivity index (χ3v) is 5.33. The molecule has 0 aliphatic carbocycles. The second-order valence-electron chi connectivity index (χ2n) is 3.77. The van der Waals surface area contributed by atoms with E-state index < -0.39 is 0 Å². The van der Waals surface area contributed by atoms with Crippen molar-refractivity contribution in [1.82, 2.24) is 9.38 Å². The van der Waals surface area contributed by atoms with Gasteiger partial charge in [0.1, 0.15) is 0 Å². The quantitative estimate of drug-likeness (QED) is 0.800. The number of thiophene rings is 1. The van der Waals surface area contributed by atoms with Crippen molar-refractivity contribution < 1.29 is 0 Å². The lowest BCUT2D eigenvalue weighted by molar-refractivity contribution is 0.721. The van der Waals surface area contributed by atoms with Crippen LogP contribution in [0.1, 0.15) is 16.6 Å². The molecule has 3 heterocycles. The minimum absolute atomic E-state index is 0.00832. The van der Waals surface area contributed by atoms with Crippen molar-refractivity contribution in [2.45, 2.75) is 12.5 Å². The highest BCUT2D eigenvalue weighted by molar-refractivity contribution is 9.10. The fraction of sp³-hybridized carbons (Fsp3) is 0.182. The van der Waals surface area contributed by atoms with Crippen LogP contribution in [-0.2, 0) is 6.42 Å². The number of aromatic nitrogens is 2. The van der Waals surface area contributed by atoms with Crippen LogP contribution in [0.2, 0.25) is 0 Å². The van der Waals surface area contributed by atoms with Crippen LogP contribution in [-0.4, -0.2) is 9.38 Å². The number of thiazole rings is 1. The number of fused-ring (bicyclic) bond motifs is 1. The Morgan fingerprint density at radius 1 is 1.41 bits per heavy atom. The van der Waals surface area contributed by atoms with E-state index in [1.165, 1.54) is 4.88 Å². The van der Waals surface area contributed by atoms with Gasteiger partial charge in [-0.3, -0.25) is 4.40 Å². The molecule has 3 aromatic rings. The molecule has 0 fully saturated rings. The lowest BCUT2D eigenvalue weighted by atomic mass is 10.1. The summed E-state index contributed by atoms with van der Waals surface area (Å²) in [6, 6.07) is 2.04. The maximum atomic E-state index is 6.20. The molecule has 3 nitrogen and oxygen atoms in total. The Hall–Kier alpha value is -0.690. The topological polar surface area (TPSA) is 43.3 Å². The lowest BCUT2D eigenvalue weighted by Crippen LogP contribution is -2.12. The summed E-state index contributed by atoms with van der Waals surface area (Å²) in [5.41, 5.74) is 7.24. The maximum Gasteiger partial charge on any atom is 0.193 e. The van der Waals surface area contributed by atoms with Gasteiger partial charge in [-0.15, -0.1) is 22.7 Å². The molecule has 0 amide bonds. The zero-order valence-corrected chi connectivity index (χ0v) is 12.1. The molecule has 0 spiro atoms. The van der Waals surface area contributed by atoms with Gasteiger partial charge in [-0.05, 0) is 27.4 Å². The van der Waals surface area contributed by atoms with Gasteiger partial charge < -0.3 is 5.73 Å². The van der Waals surface area contributed by atoms with E-state index in [1.807, 2.05) is 33.6 Å². The molecule has 0 saturated heterocycles. The van der Waals surface area contributed by atoms with Crippen LogP contribution in [0, 0.1) is 0 Å². The summed E-state index contributed by atoms with van der Waals surface area (Å²) in [5.74, 6) is 0. The second kappa shape index (κ2) is 4.53. The number of hydrogen-bond acceptors (Lipinski definition) is 4. The van der Waals surface area contributed by atoms with Crippen LogP contribution in [0.4, 0.5) is 0 Å². The maximum absolute atomic E-state index is 6.20. The van der Waals surface area contributed by atoms with E-state index in [-0.39, 0.29) is 6.04 Å². The fourth-order valence-corrected chi connectivity index (χ4v) is 4.15. The highest BCUT2D eigenvalue weighted by Gasteiger charge is 2.14. The van der Waals surface area contributed by atoms with Crippen molar-refractivity contribution in [1.29, 1.82) is 0 Å². The predicted molar refractivity (Wildman–Crippen MR) is 75.7 cm³/mol. The van der Waals surface area contributed by atoms with E-state index in [0.29, 0.717) is 0 Å². The number of rotatable bonds is 3. The van der Waals surface area contributed by atoms with Crippen LogP contribution < -0.4 is 5.73 Å². The van der Waals surface area contributed by atoms with Crippen LogP contribution in [0.5, 0.6) is 0 Å². The van der Waals surface area contributed by atoms with Crippen molar-refractivity contribution in [2.75, 3.05) is 0 Å². The minimum atomic E-state index is 0.00832. The Kier molecular flexibility index (Phi) is 3.04. The summed E-state index contributed by atoms with van der Waals surface area (Å²) in [6.45, 7) is 0. The van der Waals surface area contributed by atoms with Crippen LogP contribution in [0.3, 0.4) is 0 Å². The van der Waals surface area contributed by atoms with Gasteiger partial charge in [0, 0.05) is 39.6 Å². The van der Waals surface area contributed by atoms with E-state index in [4.69, 9.17) is 5.73 Å². The average molecular weight is 328 g/mol. The van der Waals surface area contributed by atoms with Gasteiger partial charge in [-0.25, -0.2) is 4.98 Å². The van der Waals surface area contributed by atoms with Crippen LogP contribution in [0.15, 0.2) is 33.7 Å². The molecule has 0 aliphatic rings. The van der Waals surface area contributed by atoms with Crippen molar-refractivity contribution in [3.05, 3.63) is 44.3 Å². The first-order chi connectivity index (χ1) is 8.24. The van der Waals surface area contributed by atoms with Gasteiger partial charge in [0.05, 0.1) is 5.69 Å². The molecule has 2 N–H and O–H groups in total. The Morgan fingerprint density at radius 2 is 2.29 bits per heavy atom. The summed E-state index contributed by atoms with van der Waals surface area (Å²) in [6.07, 6.45) is 4.84. The molecule has 0 saturated carbocycles. The Balaban J connectivity index is 1.83. The van der Waals surface area contributed by atoms with E-state index in [0.717, 1.165) is 21.5 Å². The summed E-state index contributed by atoms with van der Waals surface area (Å²) < 4.78 is 3.13. The molecule has 3 rings (SSSR count). The molecule has 1 unspecified atom stereocenters. The average Bonchev–Trinajstić information content (AvgIpc) is 2.92. The van der Waals surface area contributed by atoms with E-state index in [1.54, 1.807) is 22.7 Å². The van der Waals surface area contributed by atoms with E-state index in [2.05, 4.69) is 20.9 Å². The van der Waals surface area contributed by atoms with E-state index in [9.17, 15) is 0 Å². The Bertz CT molecular complexity index is 611. The van der Waals surface area contributed by atoms with Crippen molar-refractivity contribution in [3.63, 3.8) is 0 Å². The number of halogens is 1. The zero-order valence-electron chi connectivity index (χ0n) is 8.84. The zero-order chi connectivity index (χ0) is 11.8. The van der Waals surface area contributed by atoms with Crippen LogP contribution in [0.25, 0.3) is 4.96 Å². The Labute approximate surface area is 115 Å². The normalized spacial score (nSPS) is 13.3. The molecule has 0 radical (unpaired) electrons. The molecule has 0 aromatic carbocycles. The first-order valence-electron chi connectivity index (χ1n) is 5.13. The van der Waals surface area contributed by atoms with Gasteiger partial charge >= 0.3 is 0 Å². The monoisotopic (exact) mass is 327 g/mol. The lowest BCUT2D eigenvalue weighted by Gasteiger charge is -2.08. The van der Waals surface area contributed by atoms with Crippen molar-refractivity contribution in [3.8, 4) is 0 Å². The first-order valence-corrected chi connectivity index (χ1v) is 7.69. The molecule has 88 valence electrons. The summed E-state index contributed by atoms with van der Waals surface area (Å²) in [4.78, 5) is 6.75. The SMILES string of the molecule is NC(Cc1cn2ccsc2n1)c1sccc1Br. The highest BCUT2D eigenvalue weighted by Crippen LogP contribution is 2.29. The first kappa shape index (κ1) is 11.4. The number of nitrogens with zero attached hydrogens (tertiary/aromatic N) is 2. The molecular weight excluding hydrogens is 318 g/mol. The molecular formula is C11H10BrN3S2. The largest absolute Gasteiger partial charge is 0.323 e. The highest BCUT2D eigenvalue weighted by atomic mass is 79.9. The second-order valence-corrected chi connectivity index (χ2v) is 6.44. The predicted octanol–water partition coefficient (Wildman–Crippen LogP) is 3.46. The third kappa shape index (κ3) is 2.18. The van der Waals surface area contributed by atoms with E-state index >= 15 is 0 Å². The molecule has 17 heavy (non-hydrogen) atoms. The fourth-order valence-electron chi connectivity index (χ4n) is 1.76. The standard InChI is InChI=1S/C11H10BrN3S2/c12-8-1-3-16-10(8)9(13)5-7-6-15-2-4-17-11(15)14-7/h1-4,6,9H,5,13H2. The van der Waals surface area contributed by atoms with Gasteiger partial charge in [0.2, 0.25) is 0 Å². The summed E-state index contributed by atoms with van der Waals surface area (Å²) >= 11 is 6.84. The summed E-state index contributed by atoms with van der Waals surface area (Å²) in [7, 11) is 0. The van der Waals surface area contributed by atoms with Gasteiger partial charge in [0.15, 0.2) is 4.96 Å². The van der Waals surface area contributed by atoms with Gasteiger partial charge in [0.25, 0.3) is 0 Å². The number of hydrogen-bond donors (Lipinski definition) is 1. The summed E-state index contributed by atoms with van der Waals surface area (Å²) in [5, 5.41) is 4.08. The van der Waals surface area contributed by atoms with Gasteiger partial charge in [-0.1, -0.05) is 0 Å². The van der Waals surface area contributed by atoms with Crippen molar-refractivity contribution >= 4 is 43.6 Å². The minimum Gasteiger partial charge on any atom is -0.323 e. The third-order valence-electron chi connectivity index (χ3n) is 2.55. The Morgan fingerprint density at radius 3 is 3.00 bits per heavy atom. The smallest absolute Gasteiger partial charge is 0.193 e. The number of nitrogens with two attached hydrogens (primary N) is 1. The van der Waals surface area contributed by atoms with Crippen LogP contribution >= 0.6 is 38.6 Å². The molecule has 6 heteroatoms.